The molecule has 0 aromatic heterocycles. The molecule has 184 valence electrons. The number of amides is 2. The number of carboxylic acid groups (broad SMARTS) is 1. The van der Waals surface area contributed by atoms with Crippen molar-refractivity contribution in [2.45, 2.75) is 62.9 Å². The van der Waals surface area contributed by atoms with E-state index in [2.05, 4.69) is 34.9 Å². The molecule has 2 amide bonds. The quantitative estimate of drug-likeness (QED) is 0.548. The van der Waals surface area contributed by atoms with E-state index in [9.17, 15) is 19.5 Å². The van der Waals surface area contributed by atoms with Crippen LogP contribution in [0.5, 0.6) is 0 Å². The maximum atomic E-state index is 12.7. The Bertz CT molecular complexity index is 1060. The molecule has 7 heteroatoms. The van der Waals surface area contributed by atoms with Crippen molar-refractivity contribution >= 4 is 18.0 Å². The summed E-state index contributed by atoms with van der Waals surface area (Å²) in [6.07, 6.45) is 4.89. The second kappa shape index (κ2) is 10.1. The van der Waals surface area contributed by atoms with Crippen molar-refractivity contribution in [1.82, 2.24) is 10.6 Å². The van der Waals surface area contributed by atoms with Gasteiger partial charge in [-0.05, 0) is 66.7 Å². The highest BCUT2D eigenvalue weighted by Crippen LogP contribution is 2.44. The zero-order valence-electron chi connectivity index (χ0n) is 19.7. The maximum absolute atomic E-state index is 12.7. The standard InChI is InChI=1S/C28H32N2O5/c31-26(30-25(27(32)33)17-6-5-7-17)18-12-14-19(15-13-18)29-28(34)35-16-24-22-10-3-1-8-20(22)21-9-2-4-11-23(21)24/h1-4,8-11,17-19,24-25H,5-7,12-16H2,(H,29,34)(H,30,31)(H,32,33). The number of hydrogen-bond donors (Lipinski definition) is 3. The molecule has 7 nitrogen and oxygen atoms in total. The van der Waals surface area contributed by atoms with Crippen molar-refractivity contribution < 1.29 is 24.2 Å². The molecular weight excluding hydrogens is 444 g/mol. The summed E-state index contributed by atoms with van der Waals surface area (Å²) in [4.78, 5) is 36.8. The number of alkyl carbamates (subject to hydrolysis) is 1. The molecule has 2 saturated carbocycles. The Labute approximate surface area is 205 Å². The zero-order chi connectivity index (χ0) is 24.4. The van der Waals surface area contributed by atoms with Crippen LogP contribution < -0.4 is 10.6 Å². The van der Waals surface area contributed by atoms with Crippen molar-refractivity contribution in [2.75, 3.05) is 6.61 Å². The smallest absolute Gasteiger partial charge is 0.407 e. The average Bonchev–Trinajstić information content (AvgIpc) is 3.15. The number of fused-ring (bicyclic) bond motifs is 3. The fourth-order valence-electron chi connectivity index (χ4n) is 5.73. The van der Waals surface area contributed by atoms with Crippen molar-refractivity contribution in [3.8, 4) is 11.1 Å². The Kier molecular flexibility index (Phi) is 6.75. The van der Waals surface area contributed by atoms with E-state index in [0.29, 0.717) is 25.7 Å². The van der Waals surface area contributed by atoms with Crippen LogP contribution in [0.3, 0.4) is 0 Å². The number of ether oxygens (including phenoxy) is 1. The normalized spacial score (nSPS) is 22.3. The minimum atomic E-state index is -0.950. The molecule has 2 aromatic rings. The van der Waals surface area contributed by atoms with E-state index in [1.54, 1.807) is 0 Å². The van der Waals surface area contributed by atoms with Gasteiger partial charge in [-0.25, -0.2) is 9.59 Å². The topological polar surface area (TPSA) is 105 Å². The molecule has 3 aliphatic carbocycles. The van der Waals surface area contributed by atoms with Gasteiger partial charge in [0.1, 0.15) is 12.6 Å². The van der Waals surface area contributed by atoms with Gasteiger partial charge >= 0.3 is 12.1 Å². The molecule has 1 unspecified atom stereocenters. The first-order chi connectivity index (χ1) is 17.0. The predicted molar refractivity (Wildman–Crippen MR) is 131 cm³/mol. The highest BCUT2D eigenvalue weighted by Gasteiger charge is 2.36. The Balaban J connectivity index is 1.10. The lowest BCUT2D eigenvalue weighted by molar-refractivity contribution is -0.145. The molecule has 2 fully saturated rings. The number of rotatable bonds is 7. The molecule has 35 heavy (non-hydrogen) atoms. The van der Waals surface area contributed by atoms with E-state index in [-0.39, 0.29) is 36.3 Å². The van der Waals surface area contributed by atoms with E-state index < -0.39 is 18.1 Å². The van der Waals surface area contributed by atoms with E-state index in [4.69, 9.17) is 4.74 Å². The molecule has 0 spiro atoms. The summed E-state index contributed by atoms with van der Waals surface area (Å²) < 4.78 is 5.65. The molecule has 0 saturated heterocycles. The Morgan fingerprint density at radius 1 is 0.886 bits per heavy atom. The number of carboxylic acids is 1. The highest BCUT2D eigenvalue weighted by molar-refractivity contribution is 5.85. The summed E-state index contributed by atoms with van der Waals surface area (Å²) >= 11 is 0. The largest absolute Gasteiger partial charge is 0.480 e. The molecule has 0 aliphatic heterocycles. The second-order valence-corrected chi connectivity index (χ2v) is 10.0. The van der Waals surface area contributed by atoms with Crippen LogP contribution >= 0.6 is 0 Å². The van der Waals surface area contributed by atoms with Gasteiger partial charge < -0.3 is 20.5 Å². The number of carbonyl (C=O) groups excluding carboxylic acids is 2. The number of benzene rings is 2. The minimum Gasteiger partial charge on any atom is -0.480 e. The zero-order valence-corrected chi connectivity index (χ0v) is 19.7. The number of aliphatic carboxylic acids is 1. The van der Waals surface area contributed by atoms with Gasteiger partial charge in [0.05, 0.1) is 0 Å². The van der Waals surface area contributed by atoms with Crippen LogP contribution in [-0.2, 0) is 14.3 Å². The average molecular weight is 477 g/mol. The lowest BCUT2D eigenvalue weighted by Gasteiger charge is -2.33. The van der Waals surface area contributed by atoms with Crippen LogP contribution in [0.2, 0.25) is 0 Å². The summed E-state index contributed by atoms with van der Waals surface area (Å²) in [7, 11) is 0. The highest BCUT2D eigenvalue weighted by atomic mass is 16.5. The van der Waals surface area contributed by atoms with Gasteiger partial charge in [-0.2, -0.15) is 0 Å². The van der Waals surface area contributed by atoms with Crippen molar-refractivity contribution in [3.63, 3.8) is 0 Å². The fourth-order valence-corrected chi connectivity index (χ4v) is 5.73. The van der Waals surface area contributed by atoms with Gasteiger partial charge in [-0.3, -0.25) is 4.79 Å². The van der Waals surface area contributed by atoms with E-state index in [1.807, 2.05) is 24.3 Å². The summed E-state index contributed by atoms with van der Waals surface area (Å²) in [6.45, 7) is 0.273. The summed E-state index contributed by atoms with van der Waals surface area (Å²) in [6, 6.07) is 15.6. The van der Waals surface area contributed by atoms with Gasteiger partial charge in [0.25, 0.3) is 0 Å². The third-order valence-corrected chi connectivity index (χ3v) is 7.95. The van der Waals surface area contributed by atoms with Gasteiger partial charge in [0, 0.05) is 17.9 Å². The number of carbonyl (C=O) groups is 3. The van der Waals surface area contributed by atoms with Crippen LogP contribution in [-0.4, -0.2) is 41.8 Å². The van der Waals surface area contributed by atoms with Crippen LogP contribution in [0.1, 0.15) is 62.0 Å². The molecular formula is C28H32N2O5. The van der Waals surface area contributed by atoms with Crippen LogP contribution in [0.15, 0.2) is 48.5 Å². The molecule has 2 aromatic carbocycles. The Morgan fingerprint density at radius 3 is 2.03 bits per heavy atom. The van der Waals surface area contributed by atoms with Crippen LogP contribution in [0, 0.1) is 11.8 Å². The van der Waals surface area contributed by atoms with Gasteiger partial charge in [0.15, 0.2) is 0 Å². The Morgan fingerprint density at radius 2 is 1.49 bits per heavy atom. The number of hydrogen-bond acceptors (Lipinski definition) is 4. The molecule has 3 aliphatic rings. The predicted octanol–water partition coefficient (Wildman–Crippen LogP) is 4.45. The number of nitrogens with one attached hydrogen (secondary N) is 2. The maximum Gasteiger partial charge on any atom is 0.407 e. The Hall–Kier alpha value is -3.35. The van der Waals surface area contributed by atoms with Gasteiger partial charge in [-0.1, -0.05) is 55.0 Å². The molecule has 0 bridgehead atoms. The summed E-state index contributed by atoms with van der Waals surface area (Å²) in [5.74, 6) is -1.27. The first-order valence-corrected chi connectivity index (χ1v) is 12.7. The van der Waals surface area contributed by atoms with Crippen LogP contribution in [0.25, 0.3) is 11.1 Å². The van der Waals surface area contributed by atoms with E-state index >= 15 is 0 Å². The molecule has 5 rings (SSSR count). The van der Waals surface area contributed by atoms with Gasteiger partial charge in [-0.15, -0.1) is 0 Å². The third-order valence-electron chi connectivity index (χ3n) is 7.95. The SMILES string of the molecule is O=C(NC1CCC(C(=O)NC(C(=O)O)C2CCC2)CC1)OCC1c2ccccc2-c2ccccc21. The molecule has 0 heterocycles. The van der Waals surface area contributed by atoms with Crippen molar-refractivity contribution in [3.05, 3.63) is 59.7 Å². The fraction of sp³-hybridized carbons (Fsp3) is 0.464. The monoisotopic (exact) mass is 476 g/mol. The van der Waals surface area contributed by atoms with E-state index in [1.165, 1.54) is 22.3 Å². The molecule has 3 N–H and O–H groups in total. The molecule has 0 radical (unpaired) electrons. The first kappa shape index (κ1) is 23.4. The summed E-state index contributed by atoms with van der Waals surface area (Å²) in [5.41, 5.74) is 4.73. The van der Waals surface area contributed by atoms with Gasteiger partial charge in [0.2, 0.25) is 5.91 Å². The third kappa shape index (κ3) is 4.90. The lowest BCUT2D eigenvalue weighted by Crippen LogP contribution is -2.50. The van der Waals surface area contributed by atoms with E-state index in [0.717, 1.165) is 19.3 Å². The van der Waals surface area contributed by atoms with Crippen molar-refractivity contribution in [1.29, 1.82) is 0 Å². The van der Waals surface area contributed by atoms with Crippen molar-refractivity contribution in [2.24, 2.45) is 11.8 Å². The first-order valence-electron chi connectivity index (χ1n) is 12.7. The lowest BCUT2D eigenvalue weighted by atomic mass is 9.79. The minimum absolute atomic E-state index is 0.0189. The van der Waals surface area contributed by atoms with Crippen LogP contribution in [0.4, 0.5) is 4.79 Å². The summed E-state index contributed by atoms with van der Waals surface area (Å²) in [5, 5.41) is 15.2. The molecule has 1 atom stereocenters. The second-order valence-electron chi connectivity index (χ2n) is 10.0.